The first-order chi connectivity index (χ1) is 14.1. The minimum Gasteiger partial charge on any atom is -0.464 e. The molecular formula is C22H27BrN2O4. The molecule has 0 amide bonds. The molecule has 0 radical (unpaired) electrons. The molecule has 0 aliphatic carbocycles. The zero-order chi connectivity index (χ0) is 20.8. The highest BCUT2D eigenvalue weighted by molar-refractivity contribution is 9.10. The van der Waals surface area contributed by atoms with Crippen molar-refractivity contribution in [1.29, 1.82) is 0 Å². The SMILES string of the molecule is CCCCCC(=O)n1cc(-c2ccc(Br)cc2)c(N2CCOCC2)c1C(=O)OC. The van der Waals surface area contributed by atoms with Crippen LogP contribution in [0.5, 0.6) is 0 Å². The lowest BCUT2D eigenvalue weighted by Gasteiger charge is -2.30. The third-order valence-corrected chi connectivity index (χ3v) is 5.63. The van der Waals surface area contributed by atoms with Gasteiger partial charge in [-0.25, -0.2) is 4.79 Å². The first kappa shape index (κ1) is 21.6. The summed E-state index contributed by atoms with van der Waals surface area (Å²) < 4.78 is 13.0. The predicted octanol–water partition coefficient (Wildman–Crippen LogP) is 4.76. The topological polar surface area (TPSA) is 60.8 Å². The zero-order valence-corrected chi connectivity index (χ0v) is 18.5. The van der Waals surface area contributed by atoms with Crippen molar-refractivity contribution in [1.82, 2.24) is 4.57 Å². The van der Waals surface area contributed by atoms with Crippen molar-refractivity contribution in [2.24, 2.45) is 0 Å². The summed E-state index contributed by atoms with van der Waals surface area (Å²) in [5, 5.41) is 0. The van der Waals surface area contributed by atoms with E-state index in [2.05, 4.69) is 27.8 Å². The summed E-state index contributed by atoms with van der Waals surface area (Å²) in [6.45, 7) is 4.57. The van der Waals surface area contributed by atoms with Crippen molar-refractivity contribution in [3.8, 4) is 11.1 Å². The van der Waals surface area contributed by atoms with Gasteiger partial charge in [-0.05, 0) is 24.1 Å². The Labute approximate surface area is 179 Å². The number of morpholine rings is 1. The predicted molar refractivity (Wildman–Crippen MR) is 117 cm³/mol. The van der Waals surface area contributed by atoms with Gasteiger partial charge in [0.15, 0.2) is 5.69 Å². The molecule has 1 fully saturated rings. The van der Waals surface area contributed by atoms with Crippen LogP contribution in [0.25, 0.3) is 11.1 Å². The Morgan fingerprint density at radius 2 is 1.83 bits per heavy atom. The first-order valence-corrected chi connectivity index (χ1v) is 10.8. The molecule has 7 heteroatoms. The van der Waals surface area contributed by atoms with E-state index < -0.39 is 5.97 Å². The monoisotopic (exact) mass is 462 g/mol. The molecule has 1 aliphatic heterocycles. The molecule has 3 rings (SSSR count). The minimum absolute atomic E-state index is 0.0864. The Morgan fingerprint density at radius 3 is 2.45 bits per heavy atom. The number of halogens is 1. The van der Waals surface area contributed by atoms with E-state index in [0.29, 0.717) is 38.4 Å². The van der Waals surface area contributed by atoms with Crippen LogP contribution < -0.4 is 4.90 Å². The van der Waals surface area contributed by atoms with Gasteiger partial charge in [-0.2, -0.15) is 0 Å². The number of nitrogens with zero attached hydrogens (tertiary/aromatic N) is 2. The van der Waals surface area contributed by atoms with Gasteiger partial charge in [0.2, 0.25) is 5.91 Å². The van der Waals surface area contributed by atoms with Crippen LogP contribution >= 0.6 is 15.9 Å². The third-order valence-electron chi connectivity index (χ3n) is 5.10. The highest BCUT2D eigenvalue weighted by Gasteiger charge is 2.30. The number of benzene rings is 1. The van der Waals surface area contributed by atoms with E-state index in [0.717, 1.165) is 40.5 Å². The molecule has 2 heterocycles. The summed E-state index contributed by atoms with van der Waals surface area (Å²) in [6.07, 6.45) is 5.00. The van der Waals surface area contributed by atoms with Crippen molar-refractivity contribution < 1.29 is 19.1 Å². The van der Waals surface area contributed by atoms with Crippen molar-refractivity contribution >= 4 is 33.5 Å². The summed E-state index contributed by atoms with van der Waals surface area (Å²) in [6, 6.07) is 7.87. The fraction of sp³-hybridized carbons (Fsp3) is 0.455. The Kier molecular flexibility index (Phi) is 7.50. The normalized spacial score (nSPS) is 14.1. The molecular weight excluding hydrogens is 436 g/mol. The molecule has 1 aromatic carbocycles. The van der Waals surface area contributed by atoms with Crippen molar-refractivity contribution in [3.63, 3.8) is 0 Å². The Hall–Kier alpha value is -2.12. The van der Waals surface area contributed by atoms with E-state index in [9.17, 15) is 9.59 Å². The second kappa shape index (κ2) is 10.1. The lowest BCUT2D eigenvalue weighted by Crippen LogP contribution is -2.37. The average Bonchev–Trinajstić information content (AvgIpc) is 3.15. The van der Waals surface area contributed by atoms with Crippen LogP contribution in [0.1, 0.15) is 47.9 Å². The number of rotatable bonds is 7. The molecule has 1 aliphatic rings. The van der Waals surface area contributed by atoms with Gasteiger partial charge in [0, 0.05) is 35.7 Å². The number of anilines is 1. The van der Waals surface area contributed by atoms with Gasteiger partial charge in [-0.3, -0.25) is 9.36 Å². The van der Waals surface area contributed by atoms with E-state index in [1.54, 1.807) is 6.20 Å². The number of carbonyl (C=O) groups excluding carboxylic acids is 2. The van der Waals surface area contributed by atoms with Gasteiger partial charge < -0.3 is 14.4 Å². The second-order valence-corrected chi connectivity index (χ2v) is 7.97. The molecule has 0 spiro atoms. The summed E-state index contributed by atoms with van der Waals surface area (Å²) in [5.41, 5.74) is 2.84. The summed E-state index contributed by atoms with van der Waals surface area (Å²) in [5.74, 6) is -0.588. The number of methoxy groups -OCH3 is 1. The summed E-state index contributed by atoms with van der Waals surface area (Å²) in [7, 11) is 1.35. The second-order valence-electron chi connectivity index (χ2n) is 7.06. The number of carbonyl (C=O) groups is 2. The van der Waals surface area contributed by atoms with E-state index in [4.69, 9.17) is 9.47 Å². The van der Waals surface area contributed by atoms with E-state index in [1.807, 2.05) is 24.3 Å². The number of hydrogen-bond acceptors (Lipinski definition) is 5. The van der Waals surface area contributed by atoms with Gasteiger partial charge in [0.05, 0.1) is 26.0 Å². The molecule has 1 aromatic heterocycles. The molecule has 2 aromatic rings. The van der Waals surface area contributed by atoms with Crippen molar-refractivity contribution in [2.45, 2.75) is 32.6 Å². The van der Waals surface area contributed by atoms with Crippen LogP contribution in [-0.4, -0.2) is 49.9 Å². The number of esters is 1. The maximum absolute atomic E-state index is 13.0. The minimum atomic E-state index is -0.501. The number of unbranched alkanes of at least 4 members (excludes halogenated alkanes) is 2. The van der Waals surface area contributed by atoms with E-state index in [1.165, 1.54) is 11.7 Å². The molecule has 0 saturated carbocycles. The van der Waals surface area contributed by atoms with Crippen molar-refractivity contribution in [2.75, 3.05) is 38.3 Å². The molecule has 29 heavy (non-hydrogen) atoms. The van der Waals surface area contributed by atoms with Crippen molar-refractivity contribution in [3.05, 3.63) is 40.6 Å². The van der Waals surface area contributed by atoms with Crippen LogP contribution in [0.3, 0.4) is 0 Å². The Balaban J connectivity index is 2.13. The highest BCUT2D eigenvalue weighted by Crippen LogP contribution is 2.37. The van der Waals surface area contributed by atoms with Gasteiger partial charge in [-0.1, -0.05) is 47.8 Å². The number of ether oxygens (including phenoxy) is 2. The van der Waals surface area contributed by atoms with Gasteiger partial charge in [0.25, 0.3) is 0 Å². The standard InChI is InChI=1S/C22H27BrN2O4/c1-3-4-5-6-19(26)25-15-18(16-7-9-17(23)10-8-16)20(21(25)22(27)28-2)24-11-13-29-14-12-24/h7-10,15H,3-6,11-14H2,1-2H3. The van der Waals surface area contributed by atoms with E-state index in [-0.39, 0.29) is 5.91 Å². The molecule has 6 nitrogen and oxygen atoms in total. The van der Waals surface area contributed by atoms with Gasteiger partial charge in [-0.15, -0.1) is 0 Å². The molecule has 156 valence electrons. The Morgan fingerprint density at radius 1 is 1.14 bits per heavy atom. The number of hydrogen-bond donors (Lipinski definition) is 0. The first-order valence-electron chi connectivity index (χ1n) is 10.0. The zero-order valence-electron chi connectivity index (χ0n) is 16.9. The lowest BCUT2D eigenvalue weighted by atomic mass is 10.1. The maximum atomic E-state index is 13.0. The molecule has 0 atom stereocenters. The molecule has 0 unspecified atom stereocenters. The largest absolute Gasteiger partial charge is 0.464 e. The van der Waals surface area contributed by atoms with Crippen LogP contribution in [-0.2, 0) is 9.47 Å². The molecule has 1 saturated heterocycles. The molecule has 0 N–H and O–H groups in total. The lowest BCUT2D eigenvalue weighted by molar-refractivity contribution is 0.0580. The fourth-order valence-electron chi connectivity index (χ4n) is 3.58. The highest BCUT2D eigenvalue weighted by atomic mass is 79.9. The third kappa shape index (κ3) is 4.90. The smallest absolute Gasteiger partial charge is 0.357 e. The van der Waals surface area contributed by atoms with E-state index >= 15 is 0 Å². The van der Waals surface area contributed by atoms with Crippen LogP contribution in [0.4, 0.5) is 5.69 Å². The quantitative estimate of drug-likeness (QED) is 0.438. The molecule has 0 bridgehead atoms. The average molecular weight is 463 g/mol. The van der Waals surface area contributed by atoms with Gasteiger partial charge >= 0.3 is 5.97 Å². The number of aromatic nitrogens is 1. The van der Waals surface area contributed by atoms with Crippen LogP contribution in [0, 0.1) is 0 Å². The van der Waals surface area contributed by atoms with Crippen LogP contribution in [0.15, 0.2) is 34.9 Å². The van der Waals surface area contributed by atoms with Crippen LogP contribution in [0.2, 0.25) is 0 Å². The Bertz CT molecular complexity index is 854. The van der Waals surface area contributed by atoms with Gasteiger partial charge in [0.1, 0.15) is 0 Å². The summed E-state index contributed by atoms with van der Waals surface area (Å²) in [4.78, 5) is 27.9. The maximum Gasteiger partial charge on any atom is 0.357 e. The fourth-order valence-corrected chi connectivity index (χ4v) is 3.84. The summed E-state index contributed by atoms with van der Waals surface area (Å²) >= 11 is 3.47.